The lowest BCUT2D eigenvalue weighted by Crippen LogP contribution is -2.29. The van der Waals surface area contributed by atoms with Crippen LogP contribution < -0.4 is 5.32 Å². The third kappa shape index (κ3) is 3.52. The maximum Gasteiger partial charge on any atom is 0.425 e. The molecule has 2 aromatic rings. The second kappa shape index (κ2) is 6.03. The molecule has 0 aliphatic rings. The van der Waals surface area contributed by atoms with Crippen molar-refractivity contribution in [2.24, 2.45) is 7.05 Å². The maximum atomic E-state index is 12.6. The zero-order valence-electron chi connectivity index (χ0n) is 12.0. The SMILES string of the molecule is CC(NC(=O)c1c(C(=O)O)cnn1C)c1ccc(C(F)(F)F)s1. The molecule has 0 radical (unpaired) electrons. The van der Waals surface area contributed by atoms with E-state index < -0.39 is 29.0 Å². The second-order valence-electron chi connectivity index (χ2n) is 4.73. The third-order valence-electron chi connectivity index (χ3n) is 3.06. The van der Waals surface area contributed by atoms with E-state index in [1.807, 2.05) is 0 Å². The Hall–Kier alpha value is -2.36. The highest BCUT2D eigenvalue weighted by Gasteiger charge is 2.33. The number of aromatic carboxylic acids is 1. The first-order valence-electron chi connectivity index (χ1n) is 6.34. The molecule has 1 amide bonds. The molecule has 0 saturated carbocycles. The third-order valence-corrected chi connectivity index (χ3v) is 4.38. The molecule has 1 unspecified atom stereocenters. The van der Waals surface area contributed by atoms with Gasteiger partial charge in [-0.2, -0.15) is 18.3 Å². The van der Waals surface area contributed by atoms with E-state index >= 15 is 0 Å². The smallest absolute Gasteiger partial charge is 0.425 e. The monoisotopic (exact) mass is 347 g/mol. The van der Waals surface area contributed by atoms with E-state index in [1.54, 1.807) is 0 Å². The first kappa shape index (κ1) is 17.0. The van der Waals surface area contributed by atoms with Crippen LogP contribution in [-0.2, 0) is 13.2 Å². The number of hydrogen-bond donors (Lipinski definition) is 2. The fourth-order valence-electron chi connectivity index (χ4n) is 1.94. The highest BCUT2D eigenvalue weighted by atomic mass is 32.1. The molecule has 124 valence electrons. The van der Waals surface area contributed by atoms with Crippen LogP contribution in [-0.4, -0.2) is 26.8 Å². The molecule has 0 aliphatic heterocycles. The van der Waals surface area contributed by atoms with Crippen molar-refractivity contribution >= 4 is 23.2 Å². The fraction of sp³-hybridized carbons (Fsp3) is 0.308. The normalized spacial score (nSPS) is 12.9. The van der Waals surface area contributed by atoms with Gasteiger partial charge in [0.2, 0.25) is 0 Å². The Morgan fingerprint density at radius 2 is 2.04 bits per heavy atom. The summed E-state index contributed by atoms with van der Waals surface area (Å²) < 4.78 is 38.9. The van der Waals surface area contributed by atoms with E-state index in [4.69, 9.17) is 5.11 Å². The number of hydrogen-bond acceptors (Lipinski definition) is 4. The van der Waals surface area contributed by atoms with Crippen LogP contribution in [0.2, 0.25) is 0 Å². The Morgan fingerprint density at radius 3 is 2.57 bits per heavy atom. The van der Waals surface area contributed by atoms with Gasteiger partial charge >= 0.3 is 12.1 Å². The van der Waals surface area contributed by atoms with Crippen LogP contribution in [0.1, 0.15) is 43.6 Å². The number of amides is 1. The average molecular weight is 347 g/mol. The van der Waals surface area contributed by atoms with Crippen LogP contribution in [0.4, 0.5) is 13.2 Å². The van der Waals surface area contributed by atoms with Gasteiger partial charge in [0.25, 0.3) is 5.91 Å². The number of aromatic nitrogens is 2. The Kier molecular flexibility index (Phi) is 4.46. The number of aryl methyl sites for hydroxylation is 1. The molecule has 23 heavy (non-hydrogen) atoms. The quantitative estimate of drug-likeness (QED) is 0.891. The van der Waals surface area contributed by atoms with Crippen LogP contribution in [0, 0.1) is 0 Å². The van der Waals surface area contributed by atoms with Crippen LogP contribution in [0.5, 0.6) is 0 Å². The lowest BCUT2D eigenvalue weighted by Gasteiger charge is -2.13. The zero-order valence-corrected chi connectivity index (χ0v) is 12.8. The Bertz CT molecular complexity index is 751. The summed E-state index contributed by atoms with van der Waals surface area (Å²) in [5.74, 6) is -2.04. The molecule has 0 aromatic carbocycles. The van der Waals surface area contributed by atoms with Gasteiger partial charge in [-0.25, -0.2) is 4.79 Å². The number of halogens is 3. The molecule has 6 nitrogen and oxygen atoms in total. The fourth-order valence-corrected chi connectivity index (χ4v) is 2.81. The average Bonchev–Trinajstić information content (AvgIpc) is 3.03. The molecule has 2 heterocycles. The summed E-state index contributed by atoms with van der Waals surface area (Å²) in [6, 6.07) is 1.51. The number of carbonyl (C=O) groups is 2. The van der Waals surface area contributed by atoms with E-state index in [2.05, 4.69) is 10.4 Å². The number of alkyl halides is 3. The van der Waals surface area contributed by atoms with Crippen LogP contribution in [0.15, 0.2) is 18.3 Å². The first-order chi connectivity index (χ1) is 10.6. The van der Waals surface area contributed by atoms with Crippen LogP contribution in [0.3, 0.4) is 0 Å². The van der Waals surface area contributed by atoms with Crippen LogP contribution >= 0.6 is 11.3 Å². The summed E-state index contributed by atoms with van der Waals surface area (Å²) in [6.45, 7) is 1.51. The van der Waals surface area contributed by atoms with Gasteiger partial charge in [0, 0.05) is 11.9 Å². The van der Waals surface area contributed by atoms with Gasteiger partial charge in [-0.1, -0.05) is 0 Å². The minimum Gasteiger partial charge on any atom is -0.478 e. The van der Waals surface area contributed by atoms with E-state index in [1.165, 1.54) is 20.0 Å². The largest absolute Gasteiger partial charge is 0.478 e. The minimum absolute atomic E-state index is 0.169. The van der Waals surface area contributed by atoms with Gasteiger partial charge in [0.05, 0.1) is 12.2 Å². The highest BCUT2D eigenvalue weighted by molar-refractivity contribution is 7.12. The number of carboxylic acids is 1. The van der Waals surface area contributed by atoms with Crippen molar-refractivity contribution in [2.45, 2.75) is 19.1 Å². The number of rotatable bonds is 4. The molecule has 0 aliphatic carbocycles. The first-order valence-corrected chi connectivity index (χ1v) is 7.16. The molecule has 0 bridgehead atoms. The molecule has 0 fully saturated rings. The van der Waals surface area contributed by atoms with Gasteiger partial charge in [-0.05, 0) is 19.1 Å². The molecule has 1 atom stereocenters. The second-order valence-corrected chi connectivity index (χ2v) is 5.85. The van der Waals surface area contributed by atoms with Crippen molar-refractivity contribution in [2.75, 3.05) is 0 Å². The summed E-state index contributed by atoms with van der Waals surface area (Å²) >= 11 is 0.523. The van der Waals surface area contributed by atoms with E-state index in [0.29, 0.717) is 16.2 Å². The van der Waals surface area contributed by atoms with E-state index in [-0.39, 0.29) is 11.3 Å². The molecule has 10 heteroatoms. The molecule has 2 rings (SSSR count). The lowest BCUT2D eigenvalue weighted by atomic mass is 10.2. The number of carbonyl (C=O) groups excluding carboxylic acids is 1. The topological polar surface area (TPSA) is 84.2 Å². The Morgan fingerprint density at radius 1 is 1.39 bits per heavy atom. The summed E-state index contributed by atoms with van der Waals surface area (Å²) in [4.78, 5) is 22.8. The number of carboxylic acid groups (broad SMARTS) is 1. The van der Waals surface area contributed by atoms with Crippen molar-refractivity contribution < 1.29 is 27.9 Å². The predicted octanol–water partition coefficient (Wildman–Crippen LogP) is 2.69. The molecule has 0 saturated heterocycles. The minimum atomic E-state index is -4.44. The van der Waals surface area contributed by atoms with Crippen molar-refractivity contribution in [1.82, 2.24) is 15.1 Å². The Balaban J connectivity index is 2.19. The zero-order chi connectivity index (χ0) is 17.4. The van der Waals surface area contributed by atoms with Crippen LogP contribution in [0.25, 0.3) is 0 Å². The molecule has 2 N–H and O–H groups in total. The number of nitrogens with one attached hydrogen (secondary N) is 1. The van der Waals surface area contributed by atoms with Crippen molar-refractivity contribution in [3.8, 4) is 0 Å². The predicted molar refractivity (Wildman–Crippen MR) is 75.4 cm³/mol. The molecular weight excluding hydrogens is 335 g/mol. The summed E-state index contributed by atoms with van der Waals surface area (Å²) in [5, 5.41) is 15.2. The number of nitrogens with zero attached hydrogens (tertiary/aromatic N) is 2. The van der Waals surface area contributed by atoms with Gasteiger partial charge in [0.15, 0.2) is 0 Å². The highest BCUT2D eigenvalue weighted by Crippen LogP contribution is 2.36. The Labute approximate surface area is 132 Å². The van der Waals surface area contributed by atoms with Gasteiger partial charge in [-0.3, -0.25) is 9.48 Å². The molecule has 2 aromatic heterocycles. The van der Waals surface area contributed by atoms with E-state index in [0.717, 1.165) is 16.9 Å². The van der Waals surface area contributed by atoms with Gasteiger partial charge in [0.1, 0.15) is 16.1 Å². The molecular formula is C13H12F3N3O3S. The number of thiophene rings is 1. The van der Waals surface area contributed by atoms with Gasteiger partial charge < -0.3 is 10.4 Å². The van der Waals surface area contributed by atoms with Crippen molar-refractivity contribution in [1.29, 1.82) is 0 Å². The lowest BCUT2D eigenvalue weighted by molar-refractivity contribution is -0.134. The summed E-state index contributed by atoms with van der Waals surface area (Å²) in [5.41, 5.74) is -0.448. The summed E-state index contributed by atoms with van der Waals surface area (Å²) in [7, 11) is 1.40. The summed E-state index contributed by atoms with van der Waals surface area (Å²) in [6.07, 6.45) is -3.40. The van der Waals surface area contributed by atoms with Gasteiger partial charge in [-0.15, -0.1) is 11.3 Å². The maximum absolute atomic E-state index is 12.6. The van der Waals surface area contributed by atoms with E-state index in [9.17, 15) is 22.8 Å². The molecule has 0 spiro atoms. The van der Waals surface area contributed by atoms with Crippen molar-refractivity contribution in [3.63, 3.8) is 0 Å². The standard InChI is InChI=1S/C13H12F3N3O3S/c1-6(8-3-4-9(23-8)13(14,15)16)18-11(20)10-7(12(21)22)5-17-19(10)2/h3-6H,1-2H3,(H,18,20)(H,21,22). The van der Waals surface area contributed by atoms with Crippen molar-refractivity contribution in [3.05, 3.63) is 39.3 Å².